The molecule has 1 heterocycles. The van der Waals surface area contributed by atoms with Crippen molar-refractivity contribution in [1.82, 2.24) is 4.90 Å². The quantitative estimate of drug-likeness (QED) is 0.647. The molecule has 5 heteroatoms. The van der Waals surface area contributed by atoms with E-state index in [4.69, 9.17) is 10.00 Å². The van der Waals surface area contributed by atoms with E-state index >= 15 is 0 Å². The molecule has 0 aromatic rings. The summed E-state index contributed by atoms with van der Waals surface area (Å²) in [5.74, 6) is 0. The molecule has 0 aliphatic carbocycles. The van der Waals surface area contributed by atoms with E-state index < -0.39 is 23.8 Å². The topological polar surface area (TPSA) is 73.6 Å². The van der Waals surface area contributed by atoms with Crippen LogP contribution in [-0.4, -0.2) is 40.4 Å². The van der Waals surface area contributed by atoms with Crippen LogP contribution in [0.1, 0.15) is 27.2 Å². The minimum Gasteiger partial charge on any atom is -0.444 e. The number of aliphatic hydroxyl groups is 1. The molecule has 0 unspecified atom stereocenters. The summed E-state index contributed by atoms with van der Waals surface area (Å²) in [6, 6.07) is 1.13. The van der Waals surface area contributed by atoms with Crippen LogP contribution in [0.5, 0.6) is 0 Å². The highest BCUT2D eigenvalue weighted by molar-refractivity contribution is 5.69. The fourth-order valence-corrected chi connectivity index (χ4v) is 1.46. The lowest BCUT2D eigenvalue weighted by molar-refractivity contribution is 0.0214. The molecule has 1 rings (SSSR count). The zero-order chi connectivity index (χ0) is 11.6. The maximum Gasteiger partial charge on any atom is 0.411 e. The lowest BCUT2D eigenvalue weighted by atomic mass is 10.2. The number of ether oxygens (including phenoxy) is 1. The number of nitrogens with zero attached hydrogens (tertiary/aromatic N) is 2. The molecule has 1 N–H and O–H groups in total. The van der Waals surface area contributed by atoms with E-state index in [1.807, 2.05) is 6.07 Å². The van der Waals surface area contributed by atoms with Crippen LogP contribution in [0.3, 0.4) is 0 Å². The fraction of sp³-hybridized carbons (Fsp3) is 0.800. The Hall–Kier alpha value is -1.28. The van der Waals surface area contributed by atoms with Gasteiger partial charge in [-0.05, 0) is 27.2 Å². The van der Waals surface area contributed by atoms with Crippen molar-refractivity contribution in [2.24, 2.45) is 0 Å². The van der Waals surface area contributed by atoms with Crippen molar-refractivity contribution in [3.63, 3.8) is 0 Å². The second-order valence-electron chi connectivity index (χ2n) is 4.60. The van der Waals surface area contributed by atoms with Crippen LogP contribution < -0.4 is 0 Å². The van der Waals surface area contributed by atoms with Crippen molar-refractivity contribution in [3.05, 3.63) is 0 Å². The third-order valence-corrected chi connectivity index (χ3v) is 2.13. The molecule has 0 bridgehead atoms. The van der Waals surface area contributed by atoms with Gasteiger partial charge in [-0.2, -0.15) is 5.26 Å². The number of carbonyl (C=O) groups is 1. The van der Waals surface area contributed by atoms with Gasteiger partial charge >= 0.3 is 6.09 Å². The molecule has 1 saturated heterocycles. The van der Waals surface area contributed by atoms with Gasteiger partial charge in [0.25, 0.3) is 0 Å². The summed E-state index contributed by atoms with van der Waals surface area (Å²) in [5.41, 5.74) is -0.579. The van der Waals surface area contributed by atoms with Crippen molar-refractivity contribution >= 4 is 6.09 Å². The van der Waals surface area contributed by atoms with Gasteiger partial charge in [0.05, 0.1) is 12.2 Å². The second-order valence-corrected chi connectivity index (χ2v) is 4.60. The van der Waals surface area contributed by atoms with E-state index in [0.717, 1.165) is 0 Å². The summed E-state index contributed by atoms with van der Waals surface area (Å²) >= 11 is 0. The van der Waals surface area contributed by atoms with Crippen molar-refractivity contribution in [2.75, 3.05) is 6.54 Å². The monoisotopic (exact) mass is 212 g/mol. The first-order valence-corrected chi connectivity index (χ1v) is 4.92. The molecule has 1 aliphatic heterocycles. The molecule has 1 aliphatic rings. The van der Waals surface area contributed by atoms with E-state index in [9.17, 15) is 9.90 Å². The van der Waals surface area contributed by atoms with Crippen molar-refractivity contribution < 1.29 is 14.6 Å². The summed E-state index contributed by atoms with van der Waals surface area (Å²) in [7, 11) is 0. The largest absolute Gasteiger partial charge is 0.444 e. The highest BCUT2D eigenvalue weighted by atomic mass is 16.6. The van der Waals surface area contributed by atoms with Gasteiger partial charge in [0.2, 0.25) is 0 Å². The van der Waals surface area contributed by atoms with Gasteiger partial charge in [-0.15, -0.1) is 0 Å². The van der Waals surface area contributed by atoms with Gasteiger partial charge < -0.3 is 9.84 Å². The maximum atomic E-state index is 11.6. The van der Waals surface area contributed by atoms with Crippen molar-refractivity contribution in [2.45, 2.75) is 44.9 Å². The third-order valence-electron chi connectivity index (χ3n) is 2.13. The Bertz CT molecular complexity index is 290. The van der Waals surface area contributed by atoms with Gasteiger partial charge in [-0.3, -0.25) is 4.90 Å². The zero-order valence-corrected chi connectivity index (χ0v) is 9.23. The first-order valence-electron chi connectivity index (χ1n) is 4.92. The number of aliphatic hydroxyl groups excluding tert-OH is 1. The molecule has 0 saturated carbocycles. The van der Waals surface area contributed by atoms with E-state index in [1.54, 1.807) is 20.8 Å². The molecule has 2 atom stereocenters. The highest BCUT2D eigenvalue weighted by Gasteiger charge is 2.38. The Morgan fingerprint density at radius 2 is 2.20 bits per heavy atom. The smallest absolute Gasteiger partial charge is 0.411 e. The van der Waals surface area contributed by atoms with Crippen LogP contribution in [0.25, 0.3) is 0 Å². The van der Waals surface area contributed by atoms with Crippen LogP contribution in [0.15, 0.2) is 0 Å². The number of hydrogen-bond acceptors (Lipinski definition) is 4. The maximum absolute atomic E-state index is 11.6. The van der Waals surface area contributed by atoms with Crippen molar-refractivity contribution in [3.8, 4) is 6.07 Å². The molecule has 15 heavy (non-hydrogen) atoms. The molecule has 1 amide bonds. The van der Waals surface area contributed by atoms with Crippen LogP contribution >= 0.6 is 0 Å². The Kier molecular flexibility index (Phi) is 3.20. The summed E-state index contributed by atoms with van der Waals surface area (Å²) in [4.78, 5) is 12.9. The first-order chi connectivity index (χ1) is 6.85. The number of carbonyl (C=O) groups excluding carboxylic acids is 1. The molecule has 84 valence electrons. The molecular weight excluding hydrogens is 196 g/mol. The molecule has 0 radical (unpaired) electrons. The number of likely N-dealkylation sites (tertiary alicyclic amines) is 1. The molecule has 5 nitrogen and oxygen atoms in total. The first kappa shape index (κ1) is 11.8. The standard InChI is InChI=1S/C10H16N2O3/c1-10(2,3)15-9(14)12-5-4-8(13)7(12)6-11/h7-8,13H,4-5H2,1-3H3/t7-,8+/m0/s1. The van der Waals surface area contributed by atoms with Crippen LogP contribution in [0.4, 0.5) is 4.79 Å². The van der Waals surface area contributed by atoms with Gasteiger partial charge in [-0.25, -0.2) is 4.79 Å². The predicted molar refractivity (Wildman–Crippen MR) is 53.0 cm³/mol. The Balaban J connectivity index is 2.65. The van der Waals surface area contributed by atoms with Gasteiger partial charge in [0.15, 0.2) is 0 Å². The van der Waals surface area contributed by atoms with Crippen LogP contribution in [0.2, 0.25) is 0 Å². The van der Waals surface area contributed by atoms with E-state index in [1.165, 1.54) is 4.90 Å². The fourth-order valence-electron chi connectivity index (χ4n) is 1.46. The third kappa shape index (κ3) is 2.83. The van der Waals surface area contributed by atoms with Gasteiger partial charge in [-0.1, -0.05) is 0 Å². The molecule has 0 aromatic heterocycles. The van der Waals surface area contributed by atoms with E-state index in [-0.39, 0.29) is 0 Å². The minimum atomic E-state index is -0.778. The van der Waals surface area contributed by atoms with Gasteiger partial charge in [0, 0.05) is 6.54 Å². The van der Waals surface area contributed by atoms with Gasteiger partial charge in [0.1, 0.15) is 11.6 Å². The average Bonchev–Trinajstić information content (AvgIpc) is 2.43. The average molecular weight is 212 g/mol. The lowest BCUT2D eigenvalue weighted by Crippen LogP contribution is -2.41. The van der Waals surface area contributed by atoms with Crippen molar-refractivity contribution in [1.29, 1.82) is 5.26 Å². The highest BCUT2D eigenvalue weighted by Crippen LogP contribution is 2.20. The minimum absolute atomic E-state index is 0.369. The normalized spacial score (nSPS) is 26.2. The number of nitriles is 1. The van der Waals surface area contributed by atoms with E-state index in [2.05, 4.69) is 0 Å². The lowest BCUT2D eigenvalue weighted by Gasteiger charge is -2.26. The molecule has 0 spiro atoms. The zero-order valence-electron chi connectivity index (χ0n) is 9.23. The number of hydrogen-bond donors (Lipinski definition) is 1. The van der Waals surface area contributed by atoms with Crippen LogP contribution in [-0.2, 0) is 4.74 Å². The Labute approximate surface area is 89.2 Å². The predicted octanol–water partition coefficient (Wildman–Crippen LogP) is 0.880. The summed E-state index contributed by atoms with van der Waals surface area (Å²) in [5, 5.41) is 18.2. The molecule has 0 aromatic carbocycles. The Morgan fingerprint density at radius 3 is 2.67 bits per heavy atom. The summed E-state index contributed by atoms with van der Waals surface area (Å²) < 4.78 is 5.13. The van der Waals surface area contributed by atoms with E-state index in [0.29, 0.717) is 13.0 Å². The van der Waals surface area contributed by atoms with Crippen LogP contribution in [0, 0.1) is 11.3 Å². The molecule has 1 fully saturated rings. The number of rotatable bonds is 0. The number of amides is 1. The summed E-state index contributed by atoms with van der Waals surface area (Å²) in [6.45, 7) is 5.66. The SMILES string of the molecule is CC(C)(C)OC(=O)N1CC[C@@H](O)[C@@H]1C#N. The second kappa shape index (κ2) is 4.07. The Morgan fingerprint density at radius 1 is 1.60 bits per heavy atom. The summed E-state index contributed by atoms with van der Waals surface area (Å²) in [6.07, 6.45) is -0.870. The molecular formula is C10H16N2O3.